The summed E-state index contributed by atoms with van der Waals surface area (Å²) < 4.78 is 14.2. The first-order chi connectivity index (χ1) is 14.2. The molecule has 0 amide bonds. The molecule has 4 aliphatic carbocycles. The third-order valence-electron chi connectivity index (χ3n) is 11.7. The van der Waals surface area contributed by atoms with E-state index < -0.39 is 6.17 Å². The topological polar surface area (TPSA) is 0 Å². The maximum absolute atomic E-state index is 14.2. The van der Waals surface area contributed by atoms with Gasteiger partial charge in [-0.2, -0.15) is 0 Å². The Morgan fingerprint density at radius 3 is 2.27 bits per heavy atom. The van der Waals surface area contributed by atoms with Gasteiger partial charge in [-0.15, -0.1) is 0 Å². The van der Waals surface area contributed by atoms with Gasteiger partial charge in [0.25, 0.3) is 0 Å². The molecule has 4 aliphatic rings. The first-order valence-electron chi connectivity index (χ1n) is 13.8. The average molecular weight is 419 g/mol. The van der Waals surface area contributed by atoms with Crippen LogP contribution in [-0.4, -0.2) is 6.17 Å². The van der Waals surface area contributed by atoms with Crippen LogP contribution in [0.15, 0.2) is 0 Å². The maximum Gasteiger partial charge on any atom is 0.100 e. The van der Waals surface area contributed by atoms with E-state index in [1.54, 1.807) is 0 Å². The van der Waals surface area contributed by atoms with E-state index in [1.165, 1.54) is 57.8 Å². The standard InChI is InChI=1S/C29H51F/c1-7-21(19(2)3)16-20(4)17-22-9-11-26-25-10-8-23-18-24(30)12-14-28(23,5)27(25)13-15-29(22,26)6/h19-27H,7-18H2,1-6H3. The highest BCUT2D eigenvalue weighted by molar-refractivity contribution is 5.09. The minimum atomic E-state index is -0.511. The van der Waals surface area contributed by atoms with Gasteiger partial charge in [-0.25, -0.2) is 4.39 Å². The van der Waals surface area contributed by atoms with Gasteiger partial charge >= 0.3 is 0 Å². The van der Waals surface area contributed by atoms with E-state index in [9.17, 15) is 4.39 Å². The van der Waals surface area contributed by atoms with Gasteiger partial charge in [0.15, 0.2) is 0 Å². The lowest BCUT2D eigenvalue weighted by molar-refractivity contribution is -0.120. The normalized spacial score (nSPS) is 48.0. The Kier molecular flexibility index (Phi) is 6.70. The van der Waals surface area contributed by atoms with E-state index >= 15 is 0 Å². The van der Waals surface area contributed by atoms with E-state index in [0.29, 0.717) is 16.7 Å². The Hall–Kier alpha value is -0.0700. The fraction of sp³-hybridized carbons (Fsp3) is 1.00. The number of hydrogen-bond donors (Lipinski definition) is 0. The van der Waals surface area contributed by atoms with Crippen molar-refractivity contribution in [2.45, 2.75) is 125 Å². The van der Waals surface area contributed by atoms with Crippen LogP contribution in [0.25, 0.3) is 0 Å². The monoisotopic (exact) mass is 418 g/mol. The Morgan fingerprint density at radius 2 is 1.57 bits per heavy atom. The molecule has 4 rings (SSSR count). The van der Waals surface area contributed by atoms with Crippen molar-refractivity contribution in [1.82, 2.24) is 0 Å². The summed E-state index contributed by atoms with van der Waals surface area (Å²) in [6.07, 6.45) is 15.2. The predicted octanol–water partition coefficient (Wildman–Crippen LogP) is 9.08. The van der Waals surface area contributed by atoms with Crippen molar-refractivity contribution in [3.63, 3.8) is 0 Å². The van der Waals surface area contributed by atoms with Crippen LogP contribution in [0.4, 0.5) is 4.39 Å². The van der Waals surface area contributed by atoms with Crippen molar-refractivity contribution in [2.24, 2.45) is 58.2 Å². The van der Waals surface area contributed by atoms with Crippen LogP contribution in [-0.2, 0) is 0 Å². The number of fused-ring (bicyclic) bond motifs is 5. The summed E-state index contributed by atoms with van der Waals surface area (Å²) in [6.45, 7) is 15.1. The second kappa shape index (κ2) is 8.70. The van der Waals surface area contributed by atoms with Crippen LogP contribution >= 0.6 is 0 Å². The lowest BCUT2D eigenvalue weighted by atomic mass is 9.44. The Labute approximate surface area is 187 Å². The van der Waals surface area contributed by atoms with Gasteiger partial charge in [0.1, 0.15) is 6.17 Å². The molecule has 0 radical (unpaired) electrons. The number of halogens is 1. The smallest absolute Gasteiger partial charge is 0.100 e. The average Bonchev–Trinajstić information content (AvgIpc) is 3.02. The molecule has 0 spiro atoms. The zero-order valence-electron chi connectivity index (χ0n) is 21.1. The molecular formula is C29H51F. The lowest BCUT2D eigenvalue weighted by Gasteiger charge is -2.61. The van der Waals surface area contributed by atoms with E-state index in [0.717, 1.165) is 60.7 Å². The number of alkyl halides is 1. The maximum atomic E-state index is 14.2. The molecule has 0 nitrogen and oxygen atoms in total. The molecule has 10 unspecified atom stereocenters. The first-order valence-corrected chi connectivity index (χ1v) is 13.8. The van der Waals surface area contributed by atoms with Crippen molar-refractivity contribution in [3.05, 3.63) is 0 Å². The highest BCUT2D eigenvalue weighted by Gasteiger charge is 2.60. The largest absolute Gasteiger partial charge is 0.247 e. The third-order valence-corrected chi connectivity index (χ3v) is 11.7. The van der Waals surface area contributed by atoms with Gasteiger partial charge in [0, 0.05) is 0 Å². The molecule has 0 saturated heterocycles. The Morgan fingerprint density at radius 1 is 0.867 bits per heavy atom. The highest BCUT2D eigenvalue weighted by Crippen LogP contribution is 2.68. The minimum Gasteiger partial charge on any atom is -0.247 e. The fourth-order valence-electron chi connectivity index (χ4n) is 9.71. The molecule has 30 heavy (non-hydrogen) atoms. The summed E-state index contributed by atoms with van der Waals surface area (Å²) in [6, 6.07) is 0. The van der Waals surface area contributed by atoms with E-state index in [4.69, 9.17) is 0 Å². The van der Waals surface area contributed by atoms with Crippen LogP contribution in [0.2, 0.25) is 0 Å². The van der Waals surface area contributed by atoms with Crippen molar-refractivity contribution in [1.29, 1.82) is 0 Å². The van der Waals surface area contributed by atoms with Gasteiger partial charge in [-0.3, -0.25) is 0 Å². The Balaban J connectivity index is 1.44. The minimum absolute atomic E-state index is 0.448. The van der Waals surface area contributed by atoms with Crippen LogP contribution < -0.4 is 0 Å². The summed E-state index contributed by atoms with van der Waals surface area (Å²) >= 11 is 0. The summed E-state index contributed by atoms with van der Waals surface area (Å²) in [7, 11) is 0. The zero-order chi connectivity index (χ0) is 21.7. The molecule has 0 heterocycles. The number of rotatable bonds is 6. The van der Waals surface area contributed by atoms with E-state index in [1.807, 2.05) is 0 Å². The second-order valence-corrected chi connectivity index (χ2v) is 13.3. The highest BCUT2D eigenvalue weighted by atomic mass is 19.1. The van der Waals surface area contributed by atoms with Crippen LogP contribution in [0.3, 0.4) is 0 Å². The second-order valence-electron chi connectivity index (χ2n) is 13.3. The molecule has 0 aromatic rings. The molecule has 174 valence electrons. The molecule has 0 aliphatic heterocycles. The van der Waals surface area contributed by atoms with Crippen LogP contribution in [0.5, 0.6) is 0 Å². The molecule has 4 saturated carbocycles. The van der Waals surface area contributed by atoms with Crippen LogP contribution in [0.1, 0.15) is 119 Å². The fourth-order valence-corrected chi connectivity index (χ4v) is 9.71. The summed E-state index contributed by atoms with van der Waals surface area (Å²) in [5.74, 6) is 7.03. The molecule has 0 bridgehead atoms. The van der Waals surface area contributed by atoms with Gasteiger partial charge in [0.05, 0.1) is 0 Å². The quantitative estimate of drug-likeness (QED) is 0.403. The molecule has 0 aromatic carbocycles. The van der Waals surface area contributed by atoms with Gasteiger partial charge in [-0.05, 0) is 129 Å². The Bertz CT molecular complexity index is 583. The van der Waals surface area contributed by atoms with Gasteiger partial charge in [0.2, 0.25) is 0 Å². The molecule has 1 heteroatoms. The van der Waals surface area contributed by atoms with Gasteiger partial charge < -0.3 is 0 Å². The molecular weight excluding hydrogens is 367 g/mol. The van der Waals surface area contributed by atoms with E-state index in [-0.39, 0.29) is 0 Å². The van der Waals surface area contributed by atoms with Crippen molar-refractivity contribution in [2.75, 3.05) is 0 Å². The molecule has 10 atom stereocenters. The zero-order valence-corrected chi connectivity index (χ0v) is 21.1. The summed E-state index contributed by atoms with van der Waals surface area (Å²) in [4.78, 5) is 0. The van der Waals surface area contributed by atoms with Crippen molar-refractivity contribution in [3.8, 4) is 0 Å². The van der Waals surface area contributed by atoms with Crippen LogP contribution in [0, 0.1) is 58.2 Å². The van der Waals surface area contributed by atoms with Crippen molar-refractivity contribution >= 4 is 0 Å². The SMILES string of the molecule is CCC(CC(C)CC1CCC2C3CCC4CC(F)CCC4(C)C3CCC12C)C(C)C. The summed E-state index contributed by atoms with van der Waals surface area (Å²) in [5.41, 5.74) is 1.04. The van der Waals surface area contributed by atoms with Gasteiger partial charge in [-0.1, -0.05) is 48.0 Å². The van der Waals surface area contributed by atoms with E-state index in [2.05, 4.69) is 41.5 Å². The molecule has 0 N–H and O–H groups in total. The summed E-state index contributed by atoms with van der Waals surface area (Å²) in [5, 5.41) is 0. The first kappa shape index (κ1) is 23.1. The third kappa shape index (κ3) is 3.91. The predicted molar refractivity (Wildman–Crippen MR) is 127 cm³/mol. The van der Waals surface area contributed by atoms with Crippen molar-refractivity contribution < 1.29 is 4.39 Å². The molecule has 4 fully saturated rings. The lowest BCUT2D eigenvalue weighted by Crippen LogP contribution is -2.53. The number of hydrogen-bond acceptors (Lipinski definition) is 0. The molecule has 0 aromatic heterocycles.